The maximum absolute atomic E-state index is 4.00. The minimum atomic E-state index is 0.534. The second kappa shape index (κ2) is 5.47. The predicted molar refractivity (Wildman–Crippen MR) is 81.6 cm³/mol. The van der Waals surface area contributed by atoms with Crippen LogP contribution < -0.4 is 10.6 Å². The molecule has 4 aliphatic heterocycles. The number of hydrogen-bond donors (Lipinski definition) is 2. The van der Waals surface area contributed by atoms with Gasteiger partial charge in [-0.25, -0.2) is 0 Å². The lowest BCUT2D eigenvalue weighted by Gasteiger charge is -2.46. The Balaban J connectivity index is 1.53. The van der Waals surface area contributed by atoms with Crippen LogP contribution in [0.3, 0.4) is 0 Å². The number of hydrogen-bond acceptors (Lipinski definition) is 3. The van der Waals surface area contributed by atoms with Crippen molar-refractivity contribution in [2.75, 3.05) is 26.2 Å². The van der Waals surface area contributed by atoms with E-state index in [0.717, 1.165) is 19.0 Å². The highest BCUT2D eigenvalue weighted by molar-refractivity contribution is 5.31. The SMILES string of the molecule is c1ccc2c(c1)CNCCC2NC1CN2CCC1CC2. The molecule has 2 bridgehead atoms. The summed E-state index contributed by atoms with van der Waals surface area (Å²) in [4.78, 5) is 2.64. The van der Waals surface area contributed by atoms with Gasteiger partial charge in [-0.1, -0.05) is 24.3 Å². The third-order valence-corrected chi connectivity index (χ3v) is 5.43. The van der Waals surface area contributed by atoms with Crippen molar-refractivity contribution in [1.29, 1.82) is 0 Å². The zero-order valence-electron chi connectivity index (χ0n) is 12.1. The summed E-state index contributed by atoms with van der Waals surface area (Å²) in [5.74, 6) is 0.906. The Morgan fingerprint density at radius 3 is 2.75 bits per heavy atom. The number of piperidine rings is 3. The lowest BCUT2D eigenvalue weighted by molar-refractivity contribution is 0.0664. The highest BCUT2D eigenvalue weighted by Gasteiger charge is 2.35. The first-order valence-corrected chi connectivity index (χ1v) is 8.17. The molecule has 1 aromatic carbocycles. The van der Waals surface area contributed by atoms with E-state index in [1.807, 2.05) is 0 Å². The van der Waals surface area contributed by atoms with E-state index in [9.17, 15) is 0 Å². The fourth-order valence-electron chi connectivity index (χ4n) is 4.25. The standard InChI is InChI=1S/C17H25N3/c1-2-4-15-14(3-1)11-18-8-5-16(15)19-17-12-20-9-6-13(17)7-10-20/h1-4,13,16-19H,5-12H2. The molecule has 2 unspecified atom stereocenters. The average molecular weight is 271 g/mol. The predicted octanol–water partition coefficient (Wildman–Crippen LogP) is 1.90. The van der Waals surface area contributed by atoms with Gasteiger partial charge in [-0.3, -0.25) is 0 Å². The second-order valence-corrected chi connectivity index (χ2v) is 6.63. The Kier molecular flexibility index (Phi) is 3.51. The van der Waals surface area contributed by atoms with Gasteiger partial charge in [-0.15, -0.1) is 0 Å². The molecule has 0 radical (unpaired) electrons. The van der Waals surface area contributed by atoms with E-state index in [4.69, 9.17) is 0 Å². The summed E-state index contributed by atoms with van der Waals surface area (Å²) in [6.45, 7) is 6.05. The molecule has 20 heavy (non-hydrogen) atoms. The van der Waals surface area contributed by atoms with Gasteiger partial charge in [0.25, 0.3) is 0 Å². The Morgan fingerprint density at radius 2 is 1.95 bits per heavy atom. The van der Waals surface area contributed by atoms with Crippen LogP contribution in [0.4, 0.5) is 0 Å². The van der Waals surface area contributed by atoms with Crippen LogP contribution in [0.15, 0.2) is 24.3 Å². The van der Waals surface area contributed by atoms with E-state index < -0.39 is 0 Å². The summed E-state index contributed by atoms with van der Waals surface area (Å²) in [5.41, 5.74) is 3.00. The van der Waals surface area contributed by atoms with E-state index in [0.29, 0.717) is 12.1 Å². The fourth-order valence-corrected chi connectivity index (χ4v) is 4.25. The molecule has 3 fully saturated rings. The van der Waals surface area contributed by atoms with Crippen molar-refractivity contribution in [1.82, 2.24) is 15.5 Å². The van der Waals surface area contributed by atoms with Gasteiger partial charge in [0, 0.05) is 25.2 Å². The third kappa shape index (κ3) is 2.39. The molecule has 1 aromatic rings. The first kappa shape index (κ1) is 12.8. The van der Waals surface area contributed by atoms with Crippen LogP contribution in [-0.2, 0) is 6.54 Å². The molecule has 4 heterocycles. The van der Waals surface area contributed by atoms with Gasteiger partial charge >= 0.3 is 0 Å². The van der Waals surface area contributed by atoms with Crippen LogP contribution in [0.5, 0.6) is 0 Å². The van der Waals surface area contributed by atoms with Gasteiger partial charge in [0.05, 0.1) is 0 Å². The van der Waals surface area contributed by atoms with E-state index in [-0.39, 0.29) is 0 Å². The van der Waals surface area contributed by atoms with Crippen molar-refractivity contribution in [3.63, 3.8) is 0 Å². The van der Waals surface area contributed by atoms with Crippen molar-refractivity contribution in [2.45, 2.75) is 37.9 Å². The van der Waals surface area contributed by atoms with Crippen molar-refractivity contribution in [3.8, 4) is 0 Å². The summed E-state index contributed by atoms with van der Waals surface area (Å²) in [6.07, 6.45) is 3.99. The molecule has 3 saturated heterocycles. The summed E-state index contributed by atoms with van der Waals surface area (Å²) in [5, 5.41) is 7.56. The van der Waals surface area contributed by atoms with E-state index >= 15 is 0 Å². The molecular weight excluding hydrogens is 246 g/mol. The van der Waals surface area contributed by atoms with Crippen LogP contribution in [0.25, 0.3) is 0 Å². The lowest BCUT2D eigenvalue weighted by atomic mass is 9.83. The lowest BCUT2D eigenvalue weighted by Crippen LogP contribution is -2.56. The molecule has 108 valence electrons. The number of nitrogens with zero attached hydrogens (tertiary/aromatic N) is 1. The molecule has 5 rings (SSSR count). The van der Waals surface area contributed by atoms with Gasteiger partial charge in [-0.2, -0.15) is 0 Å². The molecule has 0 saturated carbocycles. The van der Waals surface area contributed by atoms with Crippen molar-refractivity contribution in [2.24, 2.45) is 5.92 Å². The molecule has 0 spiro atoms. The minimum Gasteiger partial charge on any atom is -0.313 e. The van der Waals surface area contributed by atoms with Crippen molar-refractivity contribution < 1.29 is 0 Å². The zero-order chi connectivity index (χ0) is 13.4. The Bertz CT molecular complexity index is 465. The molecule has 3 nitrogen and oxygen atoms in total. The van der Waals surface area contributed by atoms with E-state index in [1.165, 1.54) is 50.0 Å². The molecule has 4 aliphatic rings. The summed E-state index contributed by atoms with van der Waals surface area (Å²) >= 11 is 0. The summed E-state index contributed by atoms with van der Waals surface area (Å²) in [6, 6.07) is 10.2. The smallest absolute Gasteiger partial charge is 0.0338 e. The topological polar surface area (TPSA) is 27.3 Å². The third-order valence-electron chi connectivity index (χ3n) is 5.43. The number of benzene rings is 1. The quantitative estimate of drug-likeness (QED) is 0.860. The molecule has 3 heteroatoms. The minimum absolute atomic E-state index is 0.534. The first-order chi connectivity index (χ1) is 9.90. The maximum atomic E-state index is 4.00. The summed E-state index contributed by atoms with van der Waals surface area (Å²) < 4.78 is 0. The second-order valence-electron chi connectivity index (χ2n) is 6.63. The van der Waals surface area contributed by atoms with E-state index in [1.54, 1.807) is 0 Å². The maximum Gasteiger partial charge on any atom is 0.0338 e. The largest absolute Gasteiger partial charge is 0.313 e. The molecule has 0 aromatic heterocycles. The Hall–Kier alpha value is -0.900. The fraction of sp³-hybridized carbons (Fsp3) is 0.647. The number of fused-ring (bicyclic) bond motifs is 4. The zero-order valence-corrected chi connectivity index (χ0v) is 12.1. The number of rotatable bonds is 2. The number of nitrogens with one attached hydrogen (secondary N) is 2. The van der Waals surface area contributed by atoms with Gasteiger partial charge in [0.1, 0.15) is 0 Å². The molecule has 0 aliphatic carbocycles. The molecular formula is C17H25N3. The molecule has 0 amide bonds. The van der Waals surface area contributed by atoms with Crippen molar-refractivity contribution >= 4 is 0 Å². The van der Waals surface area contributed by atoms with E-state index in [2.05, 4.69) is 39.8 Å². The van der Waals surface area contributed by atoms with Crippen LogP contribution >= 0.6 is 0 Å². The molecule has 2 N–H and O–H groups in total. The Morgan fingerprint density at radius 1 is 1.10 bits per heavy atom. The van der Waals surface area contributed by atoms with Crippen LogP contribution in [0.1, 0.15) is 36.4 Å². The van der Waals surface area contributed by atoms with Gasteiger partial charge < -0.3 is 15.5 Å². The van der Waals surface area contributed by atoms with Gasteiger partial charge in [0.15, 0.2) is 0 Å². The Labute approximate surface area is 121 Å². The molecule has 2 atom stereocenters. The normalized spacial score (nSPS) is 36.4. The van der Waals surface area contributed by atoms with Crippen LogP contribution in [0, 0.1) is 5.92 Å². The first-order valence-electron chi connectivity index (χ1n) is 8.17. The average Bonchev–Trinajstić information content (AvgIpc) is 2.71. The van der Waals surface area contributed by atoms with Gasteiger partial charge in [0.2, 0.25) is 0 Å². The van der Waals surface area contributed by atoms with Crippen LogP contribution in [0.2, 0.25) is 0 Å². The van der Waals surface area contributed by atoms with Crippen molar-refractivity contribution in [3.05, 3.63) is 35.4 Å². The highest BCUT2D eigenvalue weighted by atomic mass is 15.2. The monoisotopic (exact) mass is 271 g/mol. The van der Waals surface area contributed by atoms with Crippen LogP contribution in [-0.4, -0.2) is 37.1 Å². The highest BCUT2D eigenvalue weighted by Crippen LogP contribution is 2.31. The van der Waals surface area contributed by atoms with Gasteiger partial charge in [-0.05, 0) is 55.9 Å². The summed E-state index contributed by atoms with van der Waals surface area (Å²) in [7, 11) is 0.